The summed E-state index contributed by atoms with van der Waals surface area (Å²) >= 11 is 0. The SMILES string of the molecule is Nc1c2c(=O)[nH]c3ccccc3c2nn1-c1cccc(O)c1. The van der Waals surface area contributed by atoms with Gasteiger partial charge in [-0.15, -0.1) is 0 Å². The maximum absolute atomic E-state index is 12.3. The van der Waals surface area contributed by atoms with Gasteiger partial charge in [-0.25, -0.2) is 4.68 Å². The third-order valence-electron chi connectivity index (χ3n) is 3.65. The number of fused-ring (bicyclic) bond motifs is 3. The van der Waals surface area contributed by atoms with Gasteiger partial charge in [-0.1, -0.05) is 24.3 Å². The van der Waals surface area contributed by atoms with Gasteiger partial charge in [-0.05, 0) is 18.2 Å². The van der Waals surface area contributed by atoms with Crippen molar-refractivity contribution in [3.05, 3.63) is 58.9 Å². The number of aromatic amines is 1. The second-order valence-corrected chi connectivity index (χ2v) is 5.04. The number of nitrogens with zero attached hydrogens (tertiary/aromatic N) is 2. The van der Waals surface area contributed by atoms with Crippen molar-refractivity contribution in [1.82, 2.24) is 14.8 Å². The van der Waals surface area contributed by atoms with Gasteiger partial charge in [0.15, 0.2) is 0 Å². The zero-order chi connectivity index (χ0) is 15.3. The zero-order valence-corrected chi connectivity index (χ0v) is 11.4. The second kappa shape index (κ2) is 4.36. The van der Waals surface area contributed by atoms with E-state index in [0.29, 0.717) is 22.1 Å². The summed E-state index contributed by atoms with van der Waals surface area (Å²) < 4.78 is 1.46. The van der Waals surface area contributed by atoms with Crippen LogP contribution in [0, 0.1) is 0 Å². The maximum atomic E-state index is 12.3. The van der Waals surface area contributed by atoms with Crippen LogP contribution in [0.15, 0.2) is 53.3 Å². The molecule has 0 atom stereocenters. The van der Waals surface area contributed by atoms with E-state index in [2.05, 4.69) is 10.1 Å². The number of hydrogen-bond acceptors (Lipinski definition) is 4. The van der Waals surface area contributed by atoms with E-state index in [4.69, 9.17) is 5.73 Å². The Balaban J connectivity index is 2.15. The molecule has 4 aromatic rings. The van der Waals surface area contributed by atoms with Crippen molar-refractivity contribution < 1.29 is 5.11 Å². The van der Waals surface area contributed by atoms with Gasteiger partial charge in [0.05, 0.1) is 11.2 Å². The van der Waals surface area contributed by atoms with Crippen LogP contribution in [-0.4, -0.2) is 19.9 Å². The zero-order valence-electron chi connectivity index (χ0n) is 11.4. The first-order valence-electron chi connectivity index (χ1n) is 6.74. The molecule has 6 nitrogen and oxygen atoms in total. The van der Waals surface area contributed by atoms with Crippen molar-refractivity contribution in [3.8, 4) is 11.4 Å². The maximum Gasteiger partial charge on any atom is 0.261 e. The molecule has 22 heavy (non-hydrogen) atoms. The number of anilines is 1. The van der Waals surface area contributed by atoms with Crippen LogP contribution in [0.4, 0.5) is 5.82 Å². The average Bonchev–Trinajstić information content (AvgIpc) is 2.86. The number of pyridine rings is 1. The number of phenols is 1. The smallest absolute Gasteiger partial charge is 0.261 e. The Bertz CT molecular complexity index is 1080. The summed E-state index contributed by atoms with van der Waals surface area (Å²) in [6.45, 7) is 0. The average molecular weight is 292 g/mol. The van der Waals surface area contributed by atoms with E-state index in [1.165, 1.54) is 4.68 Å². The minimum Gasteiger partial charge on any atom is -0.508 e. The summed E-state index contributed by atoms with van der Waals surface area (Å²) in [4.78, 5) is 15.1. The number of nitrogen functional groups attached to an aromatic ring is 1. The normalized spacial score (nSPS) is 11.3. The fourth-order valence-corrected chi connectivity index (χ4v) is 2.65. The standard InChI is InChI=1S/C16H12N4O2/c17-15-13-14(11-6-1-2-7-12(11)18-16(13)22)19-20(15)9-4-3-5-10(21)8-9/h1-8,21H,17H2,(H,18,22). The first kappa shape index (κ1) is 12.5. The molecule has 0 radical (unpaired) electrons. The van der Waals surface area contributed by atoms with Gasteiger partial charge in [0.1, 0.15) is 22.5 Å². The van der Waals surface area contributed by atoms with Crippen LogP contribution in [0.3, 0.4) is 0 Å². The molecular weight excluding hydrogens is 280 g/mol. The number of aromatic nitrogens is 3. The molecule has 0 aliphatic carbocycles. The van der Waals surface area contributed by atoms with Gasteiger partial charge < -0.3 is 15.8 Å². The molecule has 2 aromatic carbocycles. The Hall–Kier alpha value is -3.28. The number of phenolic OH excluding ortho intramolecular Hbond substituents is 1. The third kappa shape index (κ3) is 1.67. The molecule has 4 rings (SSSR count). The first-order valence-corrected chi connectivity index (χ1v) is 6.74. The molecule has 0 spiro atoms. The number of nitrogens with one attached hydrogen (secondary N) is 1. The van der Waals surface area contributed by atoms with Crippen LogP contribution in [0.2, 0.25) is 0 Å². The van der Waals surface area contributed by atoms with E-state index in [0.717, 1.165) is 5.39 Å². The molecule has 4 N–H and O–H groups in total. The van der Waals surface area contributed by atoms with E-state index < -0.39 is 0 Å². The van der Waals surface area contributed by atoms with Crippen molar-refractivity contribution >= 4 is 27.6 Å². The lowest BCUT2D eigenvalue weighted by atomic mass is 10.1. The summed E-state index contributed by atoms with van der Waals surface area (Å²) in [6, 6.07) is 14.0. The Morgan fingerprint density at radius 3 is 2.77 bits per heavy atom. The molecule has 0 saturated carbocycles. The highest BCUT2D eigenvalue weighted by Crippen LogP contribution is 2.27. The Kier molecular flexibility index (Phi) is 2.47. The summed E-state index contributed by atoms with van der Waals surface area (Å²) in [6.07, 6.45) is 0. The molecule has 108 valence electrons. The van der Waals surface area contributed by atoms with Crippen LogP contribution in [-0.2, 0) is 0 Å². The quantitative estimate of drug-likeness (QED) is 0.501. The third-order valence-corrected chi connectivity index (χ3v) is 3.65. The number of nitrogens with two attached hydrogens (primary N) is 1. The molecule has 0 unspecified atom stereocenters. The number of rotatable bonds is 1. The Morgan fingerprint density at radius 1 is 1.14 bits per heavy atom. The highest BCUT2D eigenvalue weighted by molar-refractivity contribution is 6.06. The summed E-state index contributed by atoms with van der Waals surface area (Å²) in [5.74, 6) is 0.350. The minimum absolute atomic E-state index is 0.107. The molecule has 0 amide bonds. The number of aromatic hydroxyl groups is 1. The lowest BCUT2D eigenvalue weighted by Gasteiger charge is -2.03. The lowest BCUT2D eigenvalue weighted by Crippen LogP contribution is -2.08. The molecule has 0 fully saturated rings. The van der Waals surface area contributed by atoms with Gasteiger partial charge in [-0.3, -0.25) is 4.79 Å². The molecule has 2 aromatic heterocycles. The number of para-hydroxylation sites is 1. The van der Waals surface area contributed by atoms with Crippen LogP contribution < -0.4 is 11.3 Å². The van der Waals surface area contributed by atoms with E-state index in [1.54, 1.807) is 24.3 Å². The molecule has 2 heterocycles. The van der Waals surface area contributed by atoms with Crippen molar-refractivity contribution in [2.75, 3.05) is 5.73 Å². The monoisotopic (exact) mass is 292 g/mol. The largest absolute Gasteiger partial charge is 0.508 e. The van der Waals surface area contributed by atoms with Crippen LogP contribution in [0.25, 0.3) is 27.5 Å². The lowest BCUT2D eigenvalue weighted by molar-refractivity contribution is 0.475. The number of benzene rings is 2. The molecule has 6 heteroatoms. The van der Waals surface area contributed by atoms with Gasteiger partial charge >= 0.3 is 0 Å². The molecule has 0 aliphatic heterocycles. The van der Waals surface area contributed by atoms with Crippen molar-refractivity contribution in [2.24, 2.45) is 0 Å². The van der Waals surface area contributed by atoms with Crippen LogP contribution in [0.5, 0.6) is 5.75 Å². The van der Waals surface area contributed by atoms with Crippen molar-refractivity contribution in [1.29, 1.82) is 0 Å². The topological polar surface area (TPSA) is 96.9 Å². The van der Waals surface area contributed by atoms with Crippen molar-refractivity contribution in [3.63, 3.8) is 0 Å². The first-order chi connectivity index (χ1) is 10.6. The van der Waals surface area contributed by atoms with E-state index in [-0.39, 0.29) is 17.1 Å². The predicted octanol–water partition coefficient (Wildman–Crippen LogP) is 2.15. The minimum atomic E-state index is -0.280. The number of hydrogen-bond donors (Lipinski definition) is 3. The van der Waals surface area contributed by atoms with E-state index >= 15 is 0 Å². The van der Waals surface area contributed by atoms with Crippen LogP contribution >= 0.6 is 0 Å². The van der Waals surface area contributed by atoms with Crippen molar-refractivity contribution in [2.45, 2.75) is 0 Å². The van der Waals surface area contributed by atoms with Gasteiger partial charge in [-0.2, -0.15) is 5.10 Å². The fourth-order valence-electron chi connectivity index (χ4n) is 2.65. The Morgan fingerprint density at radius 2 is 1.95 bits per heavy atom. The molecule has 0 saturated heterocycles. The fraction of sp³-hybridized carbons (Fsp3) is 0. The predicted molar refractivity (Wildman–Crippen MR) is 85.3 cm³/mol. The summed E-state index contributed by atoms with van der Waals surface area (Å²) in [7, 11) is 0. The van der Waals surface area contributed by atoms with Crippen LogP contribution in [0.1, 0.15) is 0 Å². The van der Waals surface area contributed by atoms with E-state index in [1.807, 2.05) is 24.3 Å². The number of H-pyrrole nitrogens is 1. The van der Waals surface area contributed by atoms with Gasteiger partial charge in [0.25, 0.3) is 5.56 Å². The van der Waals surface area contributed by atoms with Gasteiger partial charge in [0, 0.05) is 11.5 Å². The van der Waals surface area contributed by atoms with Gasteiger partial charge in [0.2, 0.25) is 0 Å². The molecule has 0 aliphatic rings. The second-order valence-electron chi connectivity index (χ2n) is 5.04. The summed E-state index contributed by atoms with van der Waals surface area (Å²) in [5, 5.41) is 15.3. The highest BCUT2D eigenvalue weighted by atomic mass is 16.3. The molecular formula is C16H12N4O2. The van der Waals surface area contributed by atoms with E-state index in [9.17, 15) is 9.90 Å². The summed E-state index contributed by atoms with van der Waals surface area (Å²) in [5.41, 5.74) is 7.68. The molecule has 0 bridgehead atoms. The highest BCUT2D eigenvalue weighted by Gasteiger charge is 2.16. The Labute approximate surface area is 124 Å².